The van der Waals surface area contributed by atoms with Crippen LogP contribution in [0, 0.1) is 0 Å². The predicted octanol–water partition coefficient (Wildman–Crippen LogP) is 2.57. The van der Waals surface area contributed by atoms with Crippen LogP contribution in [0.4, 0.5) is 5.69 Å². The predicted molar refractivity (Wildman–Crippen MR) is 81.2 cm³/mol. The Morgan fingerprint density at radius 2 is 1.91 bits per heavy atom. The van der Waals surface area contributed by atoms with Gasteiger partial charge in [-0.2, -0.15) is 0 Å². The maximum absolute atomic E-state index is 12.4. The number of carbonyl (C=O) groups is 2. The quantitative estimate of drug-likeness (QED) is 0.944. The summed E-state index contributed by atoms with van der Waals surface area (Å²) in [5.74, 6) is -1.41. The minimum absolute atomic E-state index is 0.111. The van der Waals surface area contributed by atoms with Crippen molar-refractivity contribution in [1.82, 2.24) is 4.98 Å². The zero-order chi connectivity index (χ0) is 15.7. The van der Waals surface area contributed by atoms with Gasteiger partial charge in [0, 0.05) is 6.20 Å². The van der Waals surface area contributed by atoms with Crippen molar-refractivity contribution in [3.63, 3.8) is 0 Å². The third-order valence-electron chi connectivity index (χ3n) is 3.63. The van der Waals surface area contributed by atoms with E-state index in [0.29, 0.717) is 5.69 Å². The molecular formula is C17H14N2O3. The van der Waals surface area contributed by atoms with Crippen LogP contribution < -0.4 is 4.90 Å². The van der Waals surface area contributed by atoms with Crippen molar-refractivity contribution < 1.29 is 14.7 Å². The molecule has 0 spiro atoms. The van der Waals surface area contributed by atoms with Gasteiger partial charge in [-0.05, 0) is 24.6 Å². The van der Waals surface area contributed by atoms with E-state index in [0.717, 1.165) is 5.56 Å². The fourth-order valence-electron chi connectivity index (χ4n) is 2.68. The van der Waals surface area contributed by atoms with Crippen molar-refractivity contribution in [2.75, 3.05) is 4.90 Å². The molecule has 1 aliphatic rings. The van der Waals surface area contributed by atoms with E-state index in [-0.39, 0.29) is 11.4 Å². The van der Waals surface area contributed by atoms with Gasteiger partial charge in [-0.15, -0.1) is 0 Å². The van der Waals surface area contributed by atoms with Crippen LogP contribution in [0.3, 0.4) is 0 Å². The molecule has 1 N–H and O–H groups in total. The summed E-state index contributed by atoms with van der Waals surface area (Å²) in [6.45, 7) is 1.35. The van der Waals surface area contributed by atoms with Crippen LogP contribution in [0.2, 0.25) is 0 Å². The van der Waals surface area contributed by atoms with Gasteiger partial charge in [0.1, 0.15) is 0 Å². The Bertz CT molecular complexity index is 754. The van der Waals surface area contributed by atoms with Crippen LogP contribution in [-0.2, 0) is 9.59 Å². The lowest BCUT2D eigenvalue weighted by atomic mass is 9.96. The summed E-state index contributed by atoms with van der Waals surface area (Å²) in [5.41, 5.74) is 1.40. The van der Waals surface area contributed by atoms with E-state index >= 15 is 0 Å². The van der Waals surface area contributed by atoms with Gasteiger partial charge in [-0.1, -0.05) is 30.3 Å². The summed E-state index contributed by atoms with van der Waals surface area (Å²) in [6.07, 6.45) is 3.13. The van der Waals surface area contributed by atoms with Crippen LogP contribution in [0.5, 0.6) is 0 Å². The van der Waals surface area contributed by atoms with E-state index in [4.69, 9.17) is 0 Å². The highest BCUT2D eigenvalue weighted by Gasteiger charge is 2.43. The lowest BCUT2D eigenvalue weighted by Crippen LogP contribution is -2.30. The van der Waals surface area contributed by atoms with Crippen LogP contribution in [-0.4, -0.2) is 21.8 Å². The summed E-state index contributed by atoms with van der Waals surface area (Å²) in [6, 6.07) is 11.9. The molecule has 0 unspecified atom stereocenters. The molecule has 1 atom stereocenters. The van der Waals surface area contributed by atoms with Crippen molar-refractivity contribution in [2.45, 2.75) is 13.0 Å². The van der Waals surface area contributed by atoms with Crippen molar-refractivity contribution in [1.29, 1.82) is 0 Å². The molecule has 22 heavy (non-hydrogen) atoms. The zero-order valence-electron chi connectivity index (χ0n) is 11.9. The number of nitrogens with zero attached hydrogens (tertiary/aromatic N) is 2. The third-order valence-corrected chi connectivity index (χ3v) is 3.63. The highest BCUT2D eigenvalue weighted by atomic mass is 16.3. The highest BCUT2D eigenvalue weighted by molar-refractivity contribution is 6.16. The molecule has 0 fully saturated rings. The third kappa shape index (κ3) is 2.16. The number of pyridine rings is 1. The number of Topliss-reactive ketones (excluding diaryl/α,β-unsaturated/α-hetero) is 1. The molecular weight excluding hydrogens is 280 g/mol. The van der Waals surface area contributed by atoms with Crippen molar-refractivity contribution >= 4 is 17.4 Å². The molecule has 1 aromatic heterocycles. The summed E-state index contributed by atoms with van der Waals surface area (Å²) in [4.78, 5) is 29.8. The first-order valence-electron chi connectivity index (χ1n) is 6.84. The molecule has 0 radical (unpaired) electrons. The number of hydrogen-bond donors (Lipinski definition) is 1. The van der Waals surface area contributed by atoms with Crippen molar-refractivity contribution in [3.8, 4) is 0 Å². The Balaban J connectivity index is 2.18. The Kier molecular flexibility index (Phi) is 3.47. The average molecular weight is 294 g/mol. The largest absolute Gasteiger partial charge is 0.503 e. The Morgan fingerprint density at radius 1 is 1.18 bits per heavy atom. The van der Waals surface area contributed by atoms with Gasteiger partial charge in [-0.3, -0.25) is 19.5 Å². The van der Waals surface area contributed by atoms with E-state index in [1.807, 2.05) is 30.3 Å². The van der Waals surface area contributed by atoms with E-state index in [9.17, 15) is 14.7 Å². The molecule has 1 aromatic carbocycles. The molecule has 5 nitrogen and oxygen atoms in total. The zero-order valence-corrected chi connectivity index (χ0v) is 11.9. The number of aliphatic hydroxyl groups is 1. The Labute approximate surface area is 127 Å². The van der Waals surface area contributed by atoms with E-state index in [2.05, 4.69) is 4.98 Å². The smallest absolute Gasteiger partial charge is 0.294 e. The maximum atomic E-state index is 12.4. The van der Waals surface area contributed by atoms with Crippen LogP contribution in [0.15, 0.2) is 66.2 Å². The molecule has 0 saturated heterocycles. The minimum Gasteiger partial charge on any atom is -0.503 e. The monoisotopic (exact) mass is 294 g/mol. The van der Waals surface area contributed by atoms with E-state index in [1.165, 1.54) is 18.0 Å². The molecule has 1 aliphatic heterocycles. The fraction of sp³-hybridized carbons (Fsp3) is 0.118. The molecule has 5 heteroatoms. The Morgan fingerprint density at radius 3 is 2.50 bits per heavy atom. The molecule has 0 aliphatic carbocycles. The fourth-order valence-corrected chi connectivity index (χ4v) is 2.68. The second-order valence-electron chi connectivity index (χ2n) is 5.02. The average Bonchev–Trinajstić information content (AvgIpc) is 2.81. The Hall–Kier alpha value is -2.95. The number of hydrogen-bond acceptors (Lipinski definition) is 4. The van der Waals surface area contributed by atoms with Gasteiger partial charge in [-0.25, -0.2) is 0 Å². The number of carbonyl (C=O) groups excluding carboxylic acids is 2. The van der Waals surface area contributed by atoms with Crippen LogP contribution >= 0.6 is 0 Å². The standard InChI is InChI=1S/C17H14N2O3/c1-11(20)14-15(12-6-3-2-4-7-12)19(17(22)16(14)21)13-8-5-9-18-10-13/h2-10,15,21H,1H3/t15-/m0/s1. The normalized spacial score (nSPS) is 18.0. The second-order valence-corrected chi connectivity index (χ2v) is 5.02. The van der Waals surface area contributed by atoms with Crippen LogP contribution in [0.25, 0.3) is 0 Å². The lowest BCUT2D eigenvalue weighted by molar-refractivity contribution is -0.117. The highest BCUT2D eigenvalue weighted by Crippen LogP contribution is 2.40. The van der Waals surface area contributed by atoms with Crippen LogP contribution in [0.1, 0.15) is 18.5 Å². The number of rotatable bonds is 3. The summed E-state index contributed by atoms with van der Waals surface area (Å²) in [7, 11) is 0. The van der Waals surface area contributed by atoms with Gasteiger partial charge in [0.25, 0.3) is 5.91 Å². The number of ketones is 1. The van der Waals surface area contributed by atoms with Gasteiger partial charge in [0.2, 0.25) is 0 Å². The molecule has 110 valence electrons. The SMILES string of the molecule is CC(=O)C1=C(O)C(=O)N(c2cccnc2)[C@H]1c1ccccc1. The molecule has 1 amide bonds. The molecule has 3 rings (SSSR count). The summed E-state index contributed by atoms with van der Waals surface area (Å²) >= 11 is 0. The van der Waals surface area contributed by atoms with Crippen molar-refractivity contribution in [2.24, 2.45) is 0 Å². The number of benzene rings is 1. The number of anilines is 1. The lowest BCUT2D eigenvalue weighted by Gasteiger charge is -2.26. The summed E-state index contributed by atoms with van der Waals surface area (Å²) in [5, 5.41) is 10.1. The van der Waals surface area contributed by atoms with Crippen molar-refractivity contribution in [3.05, 3.63) is 71.8 Å². The number of amides is 1. The minimum atomic E-state index is -0.643. The first-order valence-corrected chi connectivity index (χ1v) is 6.84. The molecule has 0 bridgehead atoms. The maximum Gasteiger partial charge on any atom is 0.294 e. The van der Waals surface area contributed by atoms with E-state index < -0.39 is 17.7 Å². The second kappa shape index (κ2) is 5.44. The topological polar surface area (TPSA) is 70.5 Å². The van der Waals surface area contributed by atoms with E-state index in [1.54, 1.807) is 18.3 Å². The number of aromatic nitrogens is 1. The molecule has 0 saturated carbocycles. The first kappa shape index (κ1) is 14.0. The van der Waals surface area contributed by atoms with Gasteiger partial charge in [0.05, 0.1) is 23.5 Å². The molecule has 2 aromatic rings. The summed E-state index contributed by atoms with van der Waals surface area (Å²) < 4.78 is 0. The van der Waals surface area contributed by atoms with Gasteiger partial charge in [0.15, 0.2) is 11.5 Å². The number of aliphatic hydroxyl groups excluding tert-OH is 1. The first-order chi connectivity index (χ1) is 10.6. The molecule has 2 heterocycles. The van der Waals surface area contributed by atoms with Gasteiger partial charge >= 0.3 is 0 Å². The van der Waals surface area contributed by atoms with Gasteiger partial charge < -0.3 is 5.11 Å².